The topological polar surface area (TPSA) is 78.4 Å². The summed E-state index contributed by atoms with van der Waals surface area (Å²) in [5.74, 6) is -0.871. The fourth-order valence-electron chi connectivity index (χ4n) is 2.44. The van der Waals surface area contributed by atoms with Crippen molar-refractivity contribution in [2.24, 2.45) is 5.41 Å². The highest BCUT2D eigenvalue weighted by Crippen LogP contribution is 2.31. The molecule has 0 spiro atoms. The van der Waals surface area contributed by atoms with E-state index in [9.17, 15) is 9.59 Å². The number of piperidine rings is 1. The lowest BCUT2D eigenvalue weighted by molar-refractivity contribution is -0.137. The fourth-order valence-corrected chi connectivity index (χ4v) is 2.44. The molecule has 0 aromatic heterocycles. The minimum atomic E-state index is -0.878. The van der Waals surface area contributed by atoms with Crippen LogP contribution in [0.4, 0.5) is 0 Å². The number of carbonyl (C=O) groups is 2. The van der Waals surface area contributed by atoms with Crippen molar-refractivity contribution < 1.29 is 14.7 Å². The van der Waals surface area contributed by atoms with Crippen LogP contribution in [0.2, 0.25) is 0 Å². The predicted octanol–water partition coefficient (Wildman–Crippen LogP) is 0.747. The van der Waals surface area contributed by atoms with Gasteiger partial charge in [-0.25, -0.2) is 0 Å². The molecule has 0 aliphatic carbocycles. The van der Waals surface area contributed by atoms with Crippen molar-refractivity contribution >= 4 is 11.9 Å². The van der Waals surface area contributed by atoms with Crippen molar-refractivity contribution in [3.05, 3.63) is 0 Å². The molecule has 1 fully saturated rings. The van der Waals surface area contributed by atoms with Crippen LogP contribution in [0, 0.1) is 5.41 Å². The van der Waals surface area contributed by atoms with Gasteiger partial charge in [0.2, 0.25) is 5.91 Å². The molecule has 1 aliphatic heterocycles. The van der Waals surface area contributed by atoms with Gasteiger partial charge in [0.05, 0.1) is 11.8 Å². The summed E-state index contributed by atoms with van der Waals surface area (Å²) in [4.78, 5) is 22.5. The first-order valence-corrected chi connectivity index (χ1v) is 6.31. The van der Waals surface area contributed by atoms with E-state index in [4.69, 9.17) is 5.11 Å². The van der Waals surface area contributed by atoms with Crippen molar-refractivity contribution in [3.8, 4) is 0 Å². The Morgan fingerprint density at radius 3 is 2.76 bits per heavy atom. The zero-order chi connectivity index (χ0) is 12.7. The summed E-state index contributed by atoms with van der Waals surface area (Å²) in [7, 11) is 0. The highest BCUT2D eigenvalue weighted by molar-refractivity contribution is 5.83. The highest BCUT2D eigenvalue weighted by atomic mass is 16.4. The van der Waals surface area contributed by atoms with E-state index in [1.807, 2.05) is 0 Å². The molecule has 1 aliphatic rings. The van der Waals surface area contributed by atoms with Gasteiger partial charge in [0.1, 0.15) is 0 Å². The standard InChI is InChI=1S/C12H22N2O3/c1-2-5-12(6-3-7-13-9-12)11(17)14-8-4-10(15)16/h13H,2-9H2,1H3,(H,14,17)(H,15,16). The van der Waals surface area contributed by atoms with Gasteiger partial charge in [-0.3, -0.25) is 9.59 Å². The third-order valence-corrected chi connectivity index (χ3v) is 3.31. The quantitative estimate of drug-likeness (QED) is 0.642. The number of aliphatic carboxylic acids is 1. The fraction of sp³-hybridized carbons (Fsp3) is 0.833. The zero-order valence-electron chi connectivity index (χ0n) is 10.4. The Hall–Kier alpha value is -1.10. The average Bonchev–Trinajstić information content (AvgIpc) is 2.30. The molecule has 1 heterocycles. The van der Waals surface area contributed by atoms with Crippen molar-refractivity contribution in [3.63, 3.8) is 0 Å². The lowest BCUT2D eigenvalue weighted by Crippen LogP contribution is -2.50. The van der Waals surface area contributed by atoms with Crippen LogP contribution >= 0.6 is 0 Å². The van der Waals surface area contributed by atoms with Crippen molar-refractivity contribution in [2.45, 2.75) is 39.0 Å². The molecule has 1 saturated heterocycles. The van der Waals surface area contributed by atoms with Crippen LogP contribution in [0.25, 0.3) is 0 Å². The summed E-state index contributed by atoms with van der Waals surface area (Å²) >= 11 is 0. The van der Waals surface area contributed by atoms with Crippen LogP contribution in [-0.2, 0) is 9.59 Å². The minimum Gasteiger partial charge on any atom is -0.481 e. The Morgan fingerprint density at radius 1 is 1.47 bits per heavy atom. The molecule has 0 bridgehead atoms. The van der Waals surface area contributed by atoms with Crippen molar-refractivity contribution in [1.29, 1.82) is 0 Å². The Balaban J connectivity index is 2.50. The summed E-state index contributed by atoms with van der Waals surface area (Å²) in [5, 5.41) is 14.6. The second-order valence-electron chi connectivity index (χ2n) is 4.71. The monoisotopic (exact) mass is 242 g/mol. The molecule has 1 unspecified atom stereocenters. The SMILES string of the molecule is CCCC1(C(=O)NCCC(=O)O)CCCNC1. The molecule has 0 aromatic rings. The second kappa shape index (κ2) is 6.59. The second-order valence-corrected chi connectivity index (χ2v) is 4.71. The van der Waals surface area contributed by atoms with Crippen LogP contribution in [0.3, 0.4) is 0 Å². The number of rotatable bonds is 6. The molecule has 0 saturated carbocycles. The summed E-state index contributed by atoms with van der Waals surface area (Å²) in [6, 6.07) is 0. The first-order valence-electron chi connectivity index (χ1n) is 6.31. The molecule has 5 heteroatoms. The van der Waals surface area contributed by atoms with E-state index in [2.05, 4.69) is 17.6 Å². The van der Waals surface area contributed by atoms with Gasteiger partial charge in [-0.05, 0) is 25.8 Å². The van der Waals surface area contributed by atoms with Crippen LogP contribution in [0.5, 0.6) is 0 Å². The molecule has 98 valence electrons. The maximum Gasteiger partial charge on any atom is 0.305 e. The number of hydrogen-bond donors (Lipinski definition) is 3. The molecule has 1 amide bonds. The molecule has 0 aromatic carbocycles. The smallest absolute Gasteiger partial charge is 0.305 e. The van der Waals surface area contributed by atoms with Crippen LogP contribution in [0.15, 0.2) is 0 Å². The molecule has 3 N–H and O–H groups in total. The maximum atomic E-state index is 12.1. The van der Waals surface area contributed by atoms with Crippen LogP contribution in [0.1, 0.15) is 39.0 Å². The molecular weight excluding hydrogens is 220 g/mol. The molecular formula is C12H22N2O3. The van der Waals surface area contributed by atoms with E-state index in [0.717, 1.165) is 32.2 Å². The lowest BCUT2D eigenvalue weighted by Gasteiger charge is -2.36. The van der Waals surface area contributed by atoms with Crippen molar-refractivity contribution in [1.82, 2.24) is 10.6 Å². The minimum absolute atomic E-state index is 0.00722. The zero-order valence-corrected chi connectivity index (χ0v) is 10.4. The van der Waals surface area contributed by atoms with Gasteiger partial charge in [0.15, 0.2) is 0 Å². The highest BCUT2D eigenvalue weighted by Gasteiger charge is 2.38. The van der Waals surface area contributed by atoms with E-state index in [0.29, 0.717) is 6.54 Å². The van der Waals surface area contributed by atoms with Gasteiger partial charge in [-0.15, -0.1) is 0 Å². The number of carboxylic acids is 1. The van der Waals surface area contributed by atoms with Gasteiger partial charge in [-0.1, -0.05) is 13.3 Å². The summed E-state index contributed by atoms with van der Waals surface area (Å²) in [6.45, 7) is 3.97. The molecule has 1 atom stereocenters. The number of carbonyl (C=O) groups excluding carboxylic acids is 1. The maximum absolute atomic E-state index is 12.1. The first-order chi connectivity index (χ1) is 8.10. The third-order valence-electron chi connectivity index (χ3n) is 3.31. The van der Waals surface area contributed by atoms with Crippen LogP contribution in [-0.4, -0.2) is 36.6 Å². The lowest BCUT2D eigenvalue weighted by atomic mass is 9.76. The largest absolute Gasteiger partial charge is 0.481 e. The van der Waals surface area contributed by atoms with E-state index in [1.54, 1.807) is 0 Å². The van der Waals surface area contributed by atoms with Gasteiger partial charge >= 0.3 is 5.97 Å². The number of nitrogens with one attached hydrogen (secondary N) is 2. The number of carboxylic acid groups (broad SMARTS) is 1. The molecule has 5 nitrogen and oxygen atoms in total. The normalized spacial score (nSPS) is 24.3. The Labute approximate surface area is 102 Å². The summed E-state index contributed by atoms with van der Waals surface area (Å²) < 4.78 is 0. The van der Waals surface area contributed by atoms with Gasteiger partial charge < -0.3 is 15.7 Å². The average molecular weight is 242 g/mol. The van der Waals surface area contributed by atoms with Crippen LogP contribution < -0.4 is 10.6 Å². The Bertz CT molecular complexity index is 267. The third kappa shape index (κ3) is 4.00. The van der Waals surface area contributed by atoms with E-state index < -0.39 is 5.97 Å². The van der Waals surface area contributed by atoms with E-state index >= 15 is 0 Å². The van der Waals surface area contributed by atoms with E-state index in [-0.39, 0.29) is 24.3 Å². The predicted molar refractivity (Wildman–Crippen MR) is 64.7 cm³/mol. The first kappa shape index (κ1) is 14.0. The van der Waals surface area contributed by atoms with Crippen molar-refractivity contribution in [2.75, 3.05) is 19.6 Å². The van der Waals surface area contributed by atoms with Gasteiger partial charge in [0, 0.05) is 13.1 Å². The Kier molecular flexibility index (Phi) is 5.41. The molecule has 1 rings (SSSR count). The summed E-state index contributed by atoms with van der Waals surface area (Å²) in [6.07, 6.45) is 3.72. The molecule has 0 radical (unpaired) electrons. The summed E-state index contributed by atoms with van der Waals surface area (Å²) in [5.41, 5.74) is -0.328. The number of hydrogen-bond acceptors (Lipinski definition) is 3. The molecule has 17 heavy (non-hydrogen) atoms. The van der Waals surface area contributed by atoms with Gasteiger partial charge in [-0.2, -0.15) is 0 Å². The Morgan fingerprint density at radius 2 is 2.24 bits per heavy atom. The van der Waals surface area contributed by atoms with E-state index in [1.165, 1.54) is 0 Å². The number of amides is 1. The van der Waals surface area contributed by atoms with Gasteiger partial charge in [0.25, 0.3) is 0 Å².